The molecule has 1 saturated heterocycles. The van der Waals surface area contributed by atoms with Crippen LogP contribution in [0.3, 0.4) is 0 Å². The number of likely N-dealkylation sites (tertiary alicyclic amines) is 1. The van der Waals surface area contributed by atoms with Gasteiger partial charge in [0.05, 0.1) is 33.0 Å². The van der Waals surface area contributed by atoms with Crippen LogP contribution >= 0.6 is 0 Å². The van der Waals surface area contributed by atoms with E-state index in [9.17, 15) is 5.11 Å². The number of methoxy groups -OCH3 is 2. The Balaban J connectivity index is 1.53. The molecule has 1 aromatic carbocycles. The highest BCUT2D eigenvalue weighted by Crippen LogP contribution is 2.30. The van der Waals surface area contributed by atoms with Gasteiger partial charge in [-0.2, -0.15) is 0 Å². The molecular weight excluding hydrogens is 318 g/mol. The van der Waals surface area contributed by atoms with E-state index in [0.29, 0.717) is 18.8 Å². The number of β-amino-alcohol motifs (C(OH)–C–C–N with tert-alkyl or cyclic N) is 1. The molecule has 2 aliphatic rings. The van der Waals surface area contributed by atoms with E-state index in [1.54, 1.807) is 14.2 Å². The van der Waals surface area contributed by atoms with Crippen molar-refractivity contribution in [2.75, 3.05) is 33.9 Å². The number of rotatable bonds is 7. The van der Waals surface area contributed by atoms with Gasteiger partial charge in [-0.05, 0) is 43.4 Å². The largest absolute Gasteiger partial charge is 0.493 e. The zero-order chi connectivity index (χ0) is 17.6. The highest BCUT2D eigenvalue weighted by molar-refractivity contribution is 5.42. The lowest BCUT2D eigenvalue weighted by atomic mass is 9.91. The van der Waals surface area contributed by atoms with Gasteiger partial charge in [-0.1, -0.05) is 18.9 Å². The lowest BCUT2D eigenvalue weighted by molar-refractivity contribution is -0.0316. The second-order valence-electron chi connectivity index (χ2n) is 7.14. The number of aliphatic hydroxyl groups excluding tert-OH is 1. The van der Waals surface area contributed by atoms with Crippen molar-refractivity contribution in [3.63, 3.8) is 0 Å². The minimum absolute atomic E-state index is 0.158. The number of ether oxygens (including phenoxy) is 3. The van der Waals surface area contributed by atoms with Crippen LogP contribution in [0.2, 0.25) is 0 Å². The molecule has 3 atom stereocenters. The first kappa shape index (κ1) is 18.5. The maximum Gasteiger partial charge on any atom is 0.160 e. The van der Waals surface area contributed by atoms with E-state index in [1.807, 2.05) is 12.1 Å². The molecule has 1 aliphatic heterocycles. The summed E-state index contributed by atoms with van der Waals surface area (Å²) in [7, 11) is 3.31. The quantitative estimate of drug-likeness (QED) is 0.820. The predicted octanol–water partition coefficient (Wildman–Crippen LogP) is 2.64. The van der Waals surface area contributed by atoms with E-state index >= 15 is 0 Å². The van der Waals surface area contributed by atoms with Crippen LogP contribution in [-0.2, 0) is 11.2 Å². The summed E-state index contributed by atoms with van der Waals surface area (Å²) in [6, 6.07) is 6.51. The summed E-state index contributed by atoms with van der Waals surface area (Å²) >= 11 is 0. The van der Waals surface area contributed by atoms with Gasteiger partial charge in [0.15, 0.2) is 11.5 Å². The minimum Gasteiger partial charge on any atom is -0.493 e. The molecule has 0 bridgehead atoms. The van der Waals surface area contributed by atoms with Crippen LogP contribution in [0.25, 0.3) is 0 Å². The summed E-state index contributed by atoms with van der Waals surface area (Å²) in [6.07, 6.45) is 6.73. The van der Waals surface area contributed by atoms with E-state index in [1.165, 1.54) is 24.8 Å². The van der Waals surface area contributed by atoms with Crippen molar-refractivity contribution in [2.45, 2.75) is 56.8 Å². The Kier molecular flexibility index (Phi) is 6.57. The molecule has 5 heteroatoms. The second kappa shape index (κ2) is 8.88. The maximum absolute atomic E-state index is 9.83. The summed E-state index contributed by atoms with van der Waals surface area (Å²) in [4.78, 5) is 2.44. The van der Waals surface area contributed by atoms with Crippen molar-refractivity contribution in [3.8, 4) is 11.5 Å². The third kappa shape index (κ3) is 4.66. The predicted molar refractivity (Wildman–Crippen MR) is 97.4 cm³/mol. The van der Waals surface area contributed by atoms with E-state index in [4.69, 9.17) is 14.2 Å². The van der Waals surface area contributed by atoms with Crippen LogP contribution in [0, 0.1) is 0 Å². The summed E-state index contributed by atoms with van der Waals surface area (Å²) in [5.41, 5.74) is 1.20. The van der Waals surface area contributed by atoms with Gasteiger partial charge in [0.2, 0.25) is 0 Å². The standard InChI is InChI=1S/C20H31NO4/c1-23-19-8-7-15(13-20(19)24-2)10-12-25-18-6-4-3-5-17(18)21-11-9-16(22)14-21/h7-8,13,16-18,22H,3-6,9-12,14H2,1-2H3/t16-,17?,18?/m0/s1. The molecular formula is C20H31NO4. The van der Waals surface area contributed by atoms with Gasteiger partial charge in [-0.15, -0.1) is 0 Å². The zero-order valence-electron chi connectivity index (χ0n) is 15.4. The summed E-state index contributed by atoms with van der Waals surface area (Å²) in [6.45, 7) is 2.52. The number of hydrogen-bond acceptors (Lipinski definition) is 5. The lowest BCUT2D eigenvalue weighted by Gasteiger charge is -2.37. The Bertz CT molecular complexity index is 550. The van der Waals surface area contributed by atoms with Crippen molar-refractivity contribution < 1.29 is 19.3 Å². The second-order valence-corrected chi connectivity index (χ2v) is 7.14. The average molecular weight is 349 g/mol. The fourth-order valence-electron chi connectivity index (χ4n) is 4.12. The summed E-state index contributed by atoms with van der Waals surface area (Å²) in [5.74, 6) is 1.52. The topological polar surface area (TPSA) is 51.2 Å². The summed E-state index contributed by atoms with van der Waals surface area (Å²) in [5, 5.41) is 9.83. The molecule has 0 aromatic heterocycles. The van der Waals surface area contributed by atoms with Gasteiger partial charge < -0.3 is 19.3 Å². The normalized spacial score (nSPS) is 27.4. The molecule has 0 amide bonds. The van der Waals surface area contributed by atoms with E-state index in [2.05, 4.69) is 11.0 Å². The van der Waals surface area contributed by atoms with Gasteiger partial charge in [0.1, 0.15) is 0 Å². The molecule has 1 N–H and O–H groups in total. The van der Waals surface area contributed by atoms with Gasteiger partial charge in [-0.25, -0.2) is 0 Å². The van der Waals surface area contributed by atoms with Crippen molar-refractivity contribution >= 4 is 0 Å². The number of nitrogens with zero attached hydrogens (tertiary/aromatic N) is 1. The van der Waals surface area contributed by atoms with E-state index in [-0.39, 0.29) is 6.10 Å². The minimum atomic E-state index is -0.158. The van der Waals surface area contributed by atoms with Crippen LogP contribution in [0.5, 0.6) is 11.5 Å². The fraction of sp³-hybridized carbons (Fsp3) is 0.700. The van der Waals surface area contributed by atoms with Crippen molar-refractivity contribution in [1.82, 2.24) is 4.90 Å². The molecule has 1 saturated carbocycles. The lowest BCUT2D eigenvalue weighted by Crippen LogP contribution is -2.46. The zero-order valence-corrected chi connectivity index (χ0v) is 15.4. The highest BCUT2D eigenvalue weighted by atomic mass is 16.5. The first-order valence-electron chi connectivity index (χ1n) is 9.46. The molecule has 140 valence electrons. The molecule has 3 rings (SSSR count). The molecule has 25 heavy (non-hydrogen) atoms. The van der Waals surface area contributed by atoms with Gasteiger partial charge >= 0.3 is 0 Å². The number of hydrogen-bond donors (Lipinski definition) is 1. The molecule has 2 unspecified atom stereocenters. The third-order valence-electron chi connectivity index (χ3n) is 5.50. The Hall–Kier alpha value is -1.30. The molecule has 2 fully saturated rings. The average Bonchev–Trinajstić information content (AvgIpc) is 3.08. The molecule has 1 aliphatic carbocycles. The maximum atomic E-state index is 9.83. The molecule has 1 aromatic rings. The molecule has 0 spiro atoms. The monoisotopic (exact) mass is 349 g/mol. The van der Waals surface area contributed by atoms with Crippen molar-refractivity contribution in [3.05, 3.63) is 23.8 Å². The smallest absolute Gasteiger partial charge is 0.160 e. The van der Waals surface area contributed by atoms with Gasteiger partial charge in [-0.3, -0.25) is 4.90 Å². The number of aliphatic hydroxyl groups is 1. The van der Waals surface area contributed by atoms with Crippen LogP contribution in [0.4, 0.5) is 0 Å². The Labute approximate surface area is 150 Å². The van der Waals surface area contributed by atoms with E-state index < -0.39 is 0 Å². The highest BCUT2D eigenvalue weighted by Gasteiger charge is 2.34. The molecule has 1 heterocycles. The first-order valence-corrected chi connectivity index (χ1v) is 9.46. The molecule has 5 nitrogen and oxygen atoms in total. The van der Waals surface area contributed by atoms with Crippen LogP contribution in [0.1, 0.15) is 37.7 Å². The van der Waals surface area contributed by atoms with Crippen LogP contribution < -0.4 is 9.47 Å². The van der Waals surface area contributed by atoms with E-state index in [0.717, 1.165) is 43.9 Å². The van der Waals surface area contributed by atoms with Gasteiger partial charge in [0, 0.05) is 19.1 Å². The Morgan fingerprint density at radius 1 is 1.08 bits per heavy atom. The van der Waals surface area contributed by atoms with Crippen molar-refractivity contribution in [1.29, 1.82) is 0 Å². The van der Waals surface area contributed by atoms with Gasteiger partial charge in [0.25, 0.3) is 0 Å². The Morgan fingerprint density at radius 3 is 2.60 bits per heavy atom. The third-order valence-corrected chi connectivity index (χ3v) is 5.50. The summed E-state index contributed by atoms with van der Waals surface area (Å²) < 4.78 is 16.9. The van der Waals surface area contributed by atoms with Crippen LogP contribution in [-0.4, -0.2) is 62.2 Å². The van der Waals surface area contributed by atoms with Crippen molar-refractivity contribution in [2.24, 2.45) is 0 Å². The Morgan fingerprint density at radius 2 is 1.88 bits per heavy atom. The first-order chi connectivity index (χ1) is 12.2. The molecule has 0 radical (unpaired) electrons. The number of benzene rings is 1. The van der Waals surface area contributed by atoms with Crippen LogP contribution in [0.15, 0.2) is 18.2 Å². The fourth-order valence-corrected chi connectivity index (χ4v) is 4.12. The SMILES string of the molecule is COc1ccc(CCOC2CCCCC2N2CC[C@H](O)C2)cc1OC.